The van der Waals surface area contributed by atoms with Crippen LogP contribution in [0, 0.1) is 10.1 Å². The highest BCUT2D eigenvalue weighted by Crippen LogP contribution is 2.19. The molecule has 2 amide bonds. The van der Waals surface area contributed by atoms with Crippen LogP contribution in [0.25, 0.3) is 0 Å². The fourth-order valence-corrected chi connectivity index (χ4v) is 2.96. The van der Waals surface area contributed by atoms with Crippen molar-refractivity contribution in [2.45, 2.75) is 19.4 Å². The van der Waals surface area contributed by atoms with Gasteiger partial charge in [0.25, 0.3) is 17.5 Å². The summed E-state index contributed by atoms with van der Waals surface area (Å²) >= 11 is 0. The molecule has 1 aliphatic rings. The van der Waals surface area contributed by atoms with E-state index in [4.69, 9.17) is 4.74 Å². The van der Waals surface area contributed by atoms with E-state index in [1.165, 1.54) is 18.2 Å². The van der Waals surface area contributed by atoms with Crippen LogP contribution >= 0.6 is 0 Å². The van der Waals surface area contributed by atoms with Crippen LogP contribution in [-0.4, -0.2) is 41.3 Å². The van der Waals surface area contributed by atoms with Gasteiger partial charge in [0.1, 0.15) is 5.75 Å². The predicted molar refractivity (Wildman–Crippen MR) is 102 cm³/mol. The summed E-state index contributed by atoms with van der Waals surface area (Å²) < 4.78 is 5.29. The van der Waals surface area contributed by atoms with Gasteiger partial charge in [-0.15, -0.1) is 0 Å². The molecule has 0 saturated carbocycles. The van der Waals surface area contributed by atoms with Gasteiger partial charge in [0.05, 0.1) is 11.0 Å². The van der Waals surface area contributed by atoms with Gasteiger partial charge in [-0.25, -0.2) is 0 Å². The van der Waals surface area contributed by atoms with Gasteiger partial charge in [-0.2, -0.15) is 0 Å². The molecule has 3 rings (SSSR count). The Balaban J connectivity index is 1.46. The summed E-state index contributed by atoms with van der Waals surface area (Å²) in [5, 5.41) is 13.5. The van der Waals surface area contributed by atoms with E-state index in [0.29, 0.717) is 12.1 Å². The van der Waals surface area contributed by atoms with Crippen LogP contribution in [0.15, 0.2) is 48.5 Å². The average molecular weight is 383 g/mol. The largest absolute Gasteiger partial charge is 0.484 e. The standard InChI is InChI=1S/C20H21N3O5/c24-19(14-28-18-5-3-4-17(12-18)23(26)27)21-13-15-6-8-16(9-7-15)20(25)22-10-1-2-11-22/h3-9,12H,1-2,10-11,13-14H2,(H,21,24). The minimum Gasteiger partial charge on any atom is -0.484 e. The molecular formula is C20H21N3O5. The summed E-state index contributed by atoms with van der Waals surface area (Å²) in [6.45, 7) is 1.67. The molecule has 1 N–H and O–H groups in total. The number of ether oxygens (including phenoxy) is 1. The van der Waals surface area contributed by atoms with Gasteiger partial charge in [-0.3, -0.25) is 19.7 Å². The maximum absolute atomic E-state index is 12.3. The molecule has 0 unspecified atom stereocenters. The summed E-state index contributed by atoms with van der Waals surface area (Å²) in [7, 11) is 0. The van der Waals surface area contributed by atoms with E-state index in [1.54, 1.807) is 18.2 Å². The SMILES string of the molecule is O=C(COc1cccc([N+](=O)[O-])c1)NCc1ccc(C(=O)N2CCCC2)cc1. The molecule has 1 saturated heterocycles. The Morgan fingerprint density at radius 3 is 2.50 bits per heavy atom. The van der Waals surface area contributed by atoms with E-state index < -0.39 is 4.92 Å². The smallest absolute Gasteiger partial charge is 0.273 e. The monoisotopic (exact) mass is 383 g/mol. The molecule has 8 nitrogen and oxygen atoms in total. The Morgan fingerprint density at radius 2 is 1.82 bits per heavy atom. The lowest BCUT2D eigenvalue weighted by Crippen LogP contribution is -2.29. The molecule has 8 heteroatoms. The maximum atomic E-state index is 12.3. The summed E-state index contributed by atoms with van der Waals surface area (Å²) in [6.07, 6.45) is 2.10. The lowest BCUT2D eigenvalue weighted by Gasteiger charge is -2.15. The van der Waals surface area contributed by atoms with Crippen molar-refractivity contribution in [1.29, 1.82) is 0 Å². The van der Waals surface area contributed by atoms with Crippen molar-refractivity contribution in [2.75, 3.05) is 19.7 Å². The predicted octanol–water partition coefficient (Wildman–Crippen LogP) is 2.53. The molecule has 1 fully saturated rings. The number of likely N-dealkylation sites (tertiary alicyclic amines) is 1. The third kappa shape index (κ3) is 5.06. The zero-order chi connectivity index (χ0) is 19.9. The van der Waals surface area contributed by atoms with Crippen LogP contribution < -0.4 is 10.1 Å². The van der Waals surface area contributed by atoms with Crippen molar-refractivity contribution in [3.8, 4) is 5.75 Å². The van der Waals surface area contributed by atoms with E-state index in [-0.39, 0.29) is 29.9 Å². The molecule has 1 heterocycles. The van der Waals surface area contributed by atoms with E-state index in [0.717, 1.165) is 31.5 Å². The molecule has 0 atom stereocenters. The van der Waals surface area contributed by atoms with Crippen LogP contribution in [0.5, 0.6) is 5.75 Å². The molecule has 0 radical (unpaired) electrons. The van der Waals surface area contributed by atoms with Crippen LogP contribution in [0.4, 0.5) is 5.69 Å². The van der Waals surface area contributed by atoms with Crippen LogP contribution in [0.1, 0.15) is 28.8 Å². The topological polar surface area (TPSA) is 102 Å². The normalized spacial score (nSPS) is 13.2. The van der Waals surface area contributed by atoms with Gasteiger partial charge in [0, 0.05) is 31.3 Å². The quantitative estimate of drug-likeness (QED) is 0.585. The second-order valence-electron chi connectivity index (χ2n) is 6.52. The minimum atomic E-state index is -0.523. The fourth-order valence-electron chi connectivity index (χ4n) is 2.96. The Bertz CT molecular complexity index is 860. The molecule has 0 bridgehead atoms. The first kappa shape index (κ1) is 19.3. The van der Waals surface area contributed by atoms with Crippen molar-refractivity contribution in [3.63, 3.8) is 0 Å². The number of nitro benzene ring substituents is 1. The van der Waals surface area contributed by atoms with Crippen molar-refractivity contribution in [1.82, 2.24) is 10.2 Å². The number of nitrogens with zero attached hydrogens (tertiary/aromatic N) is 2. The van der Waals surface area contributed by atoms with E-state index in [9.17, 15) is 19.7 Å². The Morgan fingerprint density at radius 1 is 1.11 bits per heavy atom. The Hall–Kier alpha value is -3.42. The molecule has 146 valence electrons. The Kier molecular flexibility index (Phi) is 6.21. The van der Waals surface area contributed by atoms with Gasteiger partial charge in [0.15, 0.2) is 6.61 Å². The minimum absolute atomic E-state index is 0.0402. The number of hydrogen-bond acceptors (Lipinski definition) is 5. The van der Waals surface area contributed by atoms with Gasteiger partial charge in [-0.1, -0.05) is 18.2 Å². The van der Waals surface area contributed by atoms with Gasteiger partial charge in [0.2, 0.25) is 0 Å². The molecule has 28 heavy (non-hydrogen) atoms. The summed E-state index contributed by atoms with van der Waals surface area (Å²) in [4.78, 5) is 36.3. The van der Waals surface area contributed by atoms with Crippen LogP contribution in [-0.2, 0) is 11.3 Å². The zero-order valence-corrected chi connectivity index (χ0v) is 15.3. The highest BCUT2D eigenvalue weighted by molar-refractivity contribution is 5.94. The highest BCUT2D eigenvalue weighted by Gasteiger charge is 2.19. The summed E-state index contributed by atoms with van der Waals surface area (Å²) in [6, 6.07) is 12.8. The second kappa shape index (κ2) is 8.98. The second-order valence-corrected chi connectivity index (χ2v) is 6.52. The number of rotatable bonds is 7. The fraction of sp³-hybridized carbons (Fsp3) is 0.300. The molecule has 2 aromatic rings. The number of benzene rings is 2. The van der Waals surface area contributed by atoms with E-state index >= 15 is 0 Å². The number of hydrogen-bond donors (Lipinski definition) is 1. The third-order valence-electron chi connectivity index (χ3n) is 4.48. The van der Waals surface area contributed by atoms with Gasteiger partial charge >= 0.3 is 0 Å². The molecule has 0 aliphatic carbocycles. The molecular weight excluding hydrogens is 362 g/mol. The Labute approximate surface area is 162 Å². The molecule has 1 aliphatic heterocycles. The van der Waals surface area contributed by atoms with Crippen molar-refractivity contribution >= 4 is 17.5 Å². The number of carbonyl (C=O) groups excluding carboxylic acids is 2. The first-order valence-electron chi connectivity index (χ1n) is 9.05. The number of nitro groups is 1. The van der Waals surface area contributed by atoms with Crippen molar-refractivity contribution < 1.29 is 19.2 Å². The van der Waals surface area contributed by atoms with E-state index in [1.807, 2.05) is 17.0 Å². The average Bonchev–Trinajstić information content (AvgIpc) is 3.25. The zero-order valence-electron chi connectivity index (χ0n) is 15.3. The summed E-state index contributed by atoms with van der Waals surface area (Å²) in [5.74, 6) is -0.0451. The lowest BCUT2D eigenvalue weighted by atomic mass is 10.1. The van der Waals surface area contributed by atoms with Crippen LogP contribution in [0.3, 0.4) is 0 Å². The third-order valence-corrected chi connectivity index (χ3v) is 4.48. The van der Waals surface area contributed by atoms with Gasteiger partial charge in [-0.05, 0) is 36.6 Å². The molecule has 0 aromatic heterocycles. The number of carbonyl (C=O) groups is 2. The van der Waals surface area contributed by atoms with Crippen molar-refractivity contribution in [3.05, 3.63) is 69.8 Å². The molecule has 2 aromatic carbocycles. The van der Waals surface area contributed by atoms with E-state index in [2.05, 4.69) is 5.32 Å². The van der Waals surface area contributed by atoms with Crippen molar-refractivity contribution in [2.24, 2.45) is 0 Å². The van der Waals surface area contributed by atoms with Gasteiger partial charge < -0.3 is 15.0 Å². The number of amides is 2. The number of nitrogens with one attached hydrogen (secondary N) is 1. The summed E-state index contributed by atoms with van der Waals surface area (Å²) in [5.41, 5.74) is 1.41. The highest BCUT2D eigenvalue weighted by atomic mass is 16.6. The van der Waals surface area contributed by atoms with Crippen LogP contribution in [0.2, 0.25) is 0 Å². The first-order valence-corrected chi connectivity index (χ1v) is 9.05. The number of non-ortho nitro benzene ring substituents is 1. The lowest BCUT2D eigenvalue weighted by molar-refractivity contribution is -0.384. The first-order chi connectivity index (χ1) is 13.5. The molecule has 0 spiro atoms. The maximum Gasteiger partial charge on any atom is 0.273 e.